The lowest BCUT2D eigenvalue weighted by Crippen LogP contribution is -2.71. The SMILES string of the molecule is CON(C(=O)Cc1cccs1)C1C(=O)N2C(C(=O)OC(c3ccccc3)c3ccccc3)=C(COC(C)=O)CS[C@H]12. The van der Waals surface area contributed by atoms with Crippen LogP contribution in [0.1, 0.15) is 29.0 Å². The van der Waals surface area contributed by atoms with Gasteiger partial charge in [-0.2, -0.15) is 0 Å². The monoisotopic (exact) mass is 592 g/mol. The first-order valence-corrected chi connectivity index (χ1v) is 14.8. The Morgan fingerprint density at radius 2 is 1.66 bits per heavy atom. The molecule has 212 valence electrons. The van der Waals surface area contributed by atoms with Crippen molar-refractivity contribution in [1.29, 1.82) is 0 Å². The van der Waals surface area contributed by atoms with Crippen molar-refractivity contribution in [3.63, 3.8) is 0 Å². The lowest BCUT2D eigenvalue weighted by molar-refractivity contribution is -0.208. The molecule has 2 aromatic carbocycles. The van der Waals surface area contributed by atoms with Gasteiger partial charge in [-0.15, -0.1) is 23.1 Å². The Balaban J connectivity index is 1.44. The lowest BCUT2D eigenvalue weighted by atomic mass is 10.0. The number of hydrogen-bond acceptors (Lipinski definition) is 9. The first-order chi connectivity index (χ1) is 19.9. The van der Waals surface area contributed by atoms with Gasteiger partial charge in [-0.3, -0.25) is 24.1 Å². The highest BCUT2D eigenvalue weighted by Crippen LogP contribution is 2.43. The van der Waals surface area contributed by atoms with E-state index in [9.17, 15) is 19.2 Å². The number of carbonyl (C=O) groups excluding carboxylic acids is 4. The maximum atomic E-state index is 13.9. The molecule has 0 N–H and O–H groups in total. The van der Waals surface area contributed by atoms with Crippen LogP contribution in [0.25, 0.3) is 0 Å². The minimum absolute atomic E-state index is 0.0230. The van der Waals surface area contributed by atoms with E-state index in [4.69, 9.17) is 14.3 Å². The molecular formula is C30H28N2O7S2. The molecule has 5 rings (SSSR count). The van der Waals surface area contributed by atoms with Crippen LogP contribution in [0.15, 0.2) is 89.4 Å². The molecule has 0 saturated carbocycles. The summed E-state index contributed by atoms with van der Waals surface area (Å²) in [6.45, 7) is 1.11. The fourth-order valence-electron chi connectivity index (χ4n) is 4.79. The number of amides is 2. The van der Waals surface area contributed by atoms with Gasteiger partial charge in [0.2, 0.25) is 0 Å². The second-order valence-corrected chi connectivity index (χ2v) is 11.5. The van der Waals surface area contributed by atoms with Crippen molar-refractivity contribution in [2.45, 2.75) is 30.9 Å². The molecule has 0 aliphatic carbocycles. The Morgan fingerprint density at radius 1 is 1.00 bits per heavy atom. The van der Waals surface area contributed by atoms with E-state index in [2.05, 4.69) is 0 Å². The van der Waals surface area contributed by atoms with Gasteiger partial charge in [0.1, 0.15) is 17.7 Å². The molecule has 1 aromatic heterocycles. The average Bonchev–Trinajstić information content (AvgIpc) is 3.50. The number of hydroxylamine groups is 2. The van der Waals surface area contributed by atoms with Gasteiger partial charge in [0, 0.05) is 23.1 Å². The van der Waals surface area contributed by atoms with Crippen LogP contribution in [-0.4, -0.2) is 64.6 Å². The molecule has 0 spiro atoms. The molecule has 9 nitrogen and oxygen atoms in total. The minimum atomic E-state index is -0.922. The third-order valence-corrected chi connectivity index (χ3v) is 8.89. The molecule has 1 fully saturated rings. The molecule has 2 aliphatic rings. The Labute approximate surface area is 245 Å². The van der Waals surface area contributed by atoms with Crippen LogP contribution in [0, 0.1) is 0 Å². The van der Waals surface area contributed by atoms with Gasteiger partial charge in [0.15, 0.2) is 12.1 Å². The van der Waals surface area contributed by atoms with Gasteiger partial charge in [-0.25, -0.2) is 9.86 Å². The number of thioether (sulfide) groups is 1. The van der Waals surface area contributed by atoms with E-state index in [-0.39, 0.29) is 24.6 Å². The number of β-lactam (4-membered cyclic amide) rings is 1. The van der Waals surface area contributed by atoms with Crippen LogP contribution in [0.4, 0.5) is 0 Å². The first-order valence-electron chi connectivity index (χ1n) is 12.9. The highest BCUT2D eigenvalue weighted by molar-refractivity contribution is 8.00. The first kappa shape index (κ1) is 28.6. The van der Waals surface area contributed by atoms with Crippen molar-refractivity contribution < 1.29 is 33.5 Å². The van der Waals surface area contributed by atoms with Crippen LogP contribution in [-0.2, 0) is 39.9 Å². The summed E-state index contributed by atoms with van der Waals surface area (Å²) < 4.78 is 11.3. The molecule has 1 saturated heterocycles. The number of fused-ring (bicyclic) bond motifs is 1. The van der Waals surface area contributed by atoms with Gasteiger partial charge in [0.25, 0.3) is 11.8 Å². The Bertz CT molecular complexity index is 1400. The van der Waals surface area contributed by atoms with Crippen LogP contribution in [0.3, 0.4) is 0 Å². The zero-order chi connectivity index (χ0) is 28.9. The molecule has 1 unspecified atom stereocenters. The Kier molecular flexibility index (Phi) is 8.87. The van der Waals surface area contributed by atoms with Crippen LogP contribution < -0.4 is 0 Å². The summed E-state index contributed by atoms with van der Waals surface area (Å²) in [4.78, 5) is 59.8. The molecule has 0 radical (unpaired) electrons. The fraction of sp³-hybridized carbons (Fsp3) is 0.267. The molecule has 41 heavy (non-hydrogen) atoms. The zero-order valence-corrected chi connectivity index (χ0v) is 24.1. The highest BCUT2D eigenvalue weighted by atomic mass is 32.2. The van der Waals surface area contributed by atoms with E-state index in [1.54, 1.807) is 0 Å². The number of benzene rings is 2. The third-order valence-electron chi connectivity index (χ3n) is 6.69. The van der Waals surface area contributed by atoms with Crippen molar-refractivity contribution in [2.75, 3.05) is 19.5 Å². The number of esters is 2. The number of carbonyl (C=O) groups is 4. The van der Waals surface area contributed by atoms with Crippen molar-refractivity contribution in [1.82, 2.24) is 9.96 Å². The van der Waals surface area contributed by atoms with Gasteiger partial charge >= 0.3 is 11.9 Å². The summed E-state index contributed by atoms with van der Waals surface area (Å²) in [5.74, 6) is -1.79. The van der Waals surface area contributed by atoms with Gasteiger partial charge in [0.05, 0.1) is 13.5 Å². The molecule has 3 aromatic rings. The fourth-order valence-corrected chi connectivity index (χ4v) is 6.85. The largest absolute Gasteiger partial charge is 0.461 e. The number of nitrogens with zero attached hydrogens (tertiary/aromatic N) is 2. The maximum Gasteiger partial charge on any atom is 0.356 e. The van der Waals surface area contributed by atoms with E-state index in [0.717, 1.165) is 21.1 Å². The smallest absolute Gasteiger partial charge is 0.356 e. The normalized spacial score (nSPS) is 18.0. The topological polar surface area (TPSA) is 102 Å². The van der Waals surface area contributed by atoms with Crippen molar-refractivity contribution in [3.8, 4) is 0 Å². The van der Waals surface area contributed by atoms with Gasteiger partial charge < -0.3 is 9.47 Å². The maximum absolute atomic E-state index is 13.9. The second-order valence-electron chi connectivity index (χ2n) is 9.35. The predicted molar refractivity (Wildman–Crippen MR) is 153 cm³/mol. The third kappa shape index (κ3) is 6.07. The van der Waals surface area contributed by atoms with Gasteiger partial charge in [-0.1, -0.05) is 66.7 Å². The minimum Gasteiger partial charge on any atom is -0.461 e. The molecule has 2 amide bonds. The summed E-state index contributed by atoms with van der Waals surface area (Å²) in [6, 6.07) is 21.4. The summed E-state index contributed by atoms with van der Waals surface area (Å²) in [6.07, 6.45) is -0.652. The second kappa shape index (κ2) is 12.7. The van der Waals surface area contributed by atoms with Crippen molar-refractivity contribution >= 4 is 46.9 Å². The molecule has 11 heteroatoms. The quantitative estimate of drug-likeness (QED) is 0.197. The van der Waals surface area contributed by atoms with Gasteiger partial charge in [-0.05, 0) is 22.6 Å². The number of ether oxygens (including phenoxy) is 2. The average molecular weight is 593 g/mol. The molecule has 2 aliphatic heterocycles. The molecular weight excluding hydrogens is 564 g/mol. The van der Waals surface area contributed by atoms with E-state index in [1.165, 1.54) is 42.0 Å². The number of hydrogen-bond donors (Lipinski definition) is 0. The summed E-state index contributed by atoms with van der Waals surface area (Å²) >= 11 is 2.80. The summed E-state index contributed by atoms with van der Waals surface area (Å²) in [5, 5.41) is 2.39. The van der Waals surface area contributed by atoms with E-state index in [0.29, 0.717) is 11.3 Å². The van der Waals surface area contributed by atoms with E-state index < -0.39 is 35.4 Å². The van der Waals surface area contributed by atoms with Crippen molar-refractivity contribution in [2.24, 2.45) is 0 Å². The standard InChI is InChI=1S/C30H28N2O7S2/c1-19(33)38-17-22-18-41-29-26(32(37-2)24(34)16-23-14-9-15-40-23)28(35)31(29)25(22)30(36)39-27(20-10-5-3-6-11-20)21-12-7-4-8-13-21/h3-15,26-27,29H,16-18H2,1-2H3/t26?,29-/m1/s1. The van der Waals surface area contributed by atoms with Crippen molar-refractivity contribution in [3.05, 3.63) is 105 Å². The number of rotatable bonds is 10. The van der Waals surface area contributed by atoms with E-state index >= 15 is 0 Å². The van der Waals surface area contributed by atoms with Crippen LogP contribution in [0.2, 0.25) is 0 Å². The molecule has 2 atom stereocenters. The summed E-state index contributed by atoms with van der Waals surface area (Å²) in [7, 11) is 1.34. The molecule has 0 bridgehead atoms. The highest BCUT2D eigenvalue weighted by Gasteiger charge is 2.58. The lowest BCUT2D eigenvalue weighted by Gasteiger charge is -2.52. The zero-order valence-electron chi connectivity index (χ0n) is 22.4. The Morgan fingerprint density at radius 3 is 2.22 bits per heavy atom. The predicted octanol–water partition coefficient (Wildman–Crippen LogP) is 4.11. The van der Waals surface area contributed by atoms with E-state index in [1.807, 2.05) is 78.2 Å². The van der Waals surface area contributed by atoms with Crippen LogP contribution in [0.5, 0.6) is 0 Å². The number of thiophene rings is 1. The summed E-state index contributed by atoms with van der Waals surface area (Å²) in [5.41, 5.74) is 1.99. The Hall–Kier alpha value is -3.93. The van der Waals surface area contributed by atoms with Crippen LogP contribution >= 0.6 is 23.1 Å². The molecule has 3 heterocycles.